The minimum absolute atomic E-state index is 0.0644. The van der Waals surface area contributed by atoms with Crippen molar-refractivity contribution in [1.82, 2.24) is 5.32 Å². The first-order valence-corrected chi connectivity index (χ1v) is 7.81. The molecule has 21 heavy (non-hydrogen) atoms. The van der Waals surface area contributed by atoms with Gasteiger partial charge in [0.2, 0.25) is 0 Å². The molecule has 5 heteroatoms. The standard InChI is InChI=1S/C16H22N2O2S/c1-3-20-15(19)13-5-4-6-14(13)18-16(21)17-12-9-7-11(2)8-10-12/h7-10,13-14H,3-6H2,1-2H3,(H2,17,18,21)/t13-,14-/m0/s1. The molecule has 2 N–H and O–H groups in total. The molecule has 0 unspecified atom stereocenters. The molecule has 1 fully saturated rings. The second-order valence-electron chi connectivity index (χ2n) is 5.36. The fourth-order valence-electron chi connectivity index (χ4n) is 2.64. The molecule has 1 aliphatic carbocycles. The van der Waals surface area contributed by atoms with Gasteiger partial charge in [0.25, 0.3) is 0 Å². The molecule has 4 nitrogen and oxygen atoms in total. The number of aryl methyl sites for hydroxylation is 1. The smallest absolute Gasteiger partial charge is 0.311 e. The number of ether oxygens (including phenoxy) is 1. The van der Waals surface area contributed by atoms with Gasteiger partial charge in [0.15, 0.2) is 5.11 Å². The second-order valence-corrected chi connectivity index (χ2v) is 5.77. The predicted octanol–water partition coefficient (Wildman–Crippen LogP) is 3.01. The number of hydrogen-bond acceptors (Lipinski definition) is 3. The van der Waals surface area contributed by atoms with Gasteiger partial charge in [0.1, 0.15) is 0 Å². The molecular weight excluding hydrogens is 284 g/mol. The third kappa shape index (κ3) is 4.43. The van der Waals surface area contributed by atoms with Gasteiger partial charge in [0, 0.05) is 11.7 Å². The molecule has 1 aromatic rings. The number of rotatable bonds is 4. The van der Waals surface area contributed by atoms with Gasteiger partial charge >= 0.3 is 5.97 Å². The number of hydrogen-bond donors (Lipinski definition) is 2. The van der Waals surface area contributed by atoms with Crippen LogP contribution in [-0.4, -0.2) is 23.7 Å². The van der Waals surface area contributed by atoms with Crippen LogP contribution >= 0.6 is 12.2 Å². The fourth-order valence-corrected chi connectivity index (χ4v) is 2.91. The minimum atomic E-state index is -0.120. The molecule has 1 saturated carbocycles. The zero-order valence-electron chi connectivity index (χ0n) is 12.5. The number of carbonyl (C=O) groups is 1. The van der Waals surface area contributed by atoms with E-state index in [4.69, 9.17) is 17.0 Å². The molecule has 1 aromatic carbocycles. The molecule has 0 radical (unpaired) electrons. The Labute approximate surface area is 131 Å². The summed E-state index contributed by atoms with van der Waals surface area (Å²) in [6, 6.07) is 8.10. The maximum absolute atomic E-state index is 11.9. The number of anilines is 1. The zero-order valence-corrected chi connectivity index (χ0v) is 13.3. The highest BCUT2D eigenvalue weighted by Gasteiger charge is 2.34. The van der Waals surface area contributed by atoms with Gasteiger partial charge in [-0.15, -0.1) is 0 Å². The Balaban J connectivity index is 1.89. The lowest BCUT2D eigenvalue weighted by atomic mass is 10.0. The normalized spacial score (nSPS) is 20.9. The van der Waals surface area contributed by atoms with Gasteiger partial charge < -0.3 is 15.4 Å². The lowest BCUT2D eigenvalue weighted by Crippen LogP contribution is -2.42. The van der Waals surface area contributed by atoms with Crippen molar-refractivity contribution in [3.63, 3.8) is 0 Å². The van der Waals surface area contributed by atoms with E-state index in [2.05, 4.69) is 10.6 Å². The average Bonchev–Trinajstić information content (AvgIpc) is 2.90. The van der Waals surface area contributed by atoms with Crippen LogP contribution in [0.1, 0.15) is 31.7 Å². The van der Waals surface area contributed by atoms with Crippen LogP contribution in [0.2, 0.25) is 0 Å². The number of thiocarbonyl (C=S) groups is 1. The first-order valence-electron chi connectivity index (χ1n) is 7.41. The summed E-state index contributed by atoms with van der Waals surface area (Å²) in [7, 11) is 0. The summed E-state index contributed by atoms with van der Waals surface area (Å²) in [5, 5.41) is 6.96. The predicted molar refractivity (Wildman–Crippen MR) is 88.3 cm³/mol. The third-order valence-electron chi connectivity index (χ3n) is 3.73. The summed E-state index contributed by atoms with van der Waals surface area (Å²) >= 11 is 5.34. The Kier molecular flexibility index (Phi) is 5.56. The maximum Gasteiger partial charge on any atom is 0.311 e. The van der Waals surface area contributed by atoms with Gasteiger partial charge in [-0.2, -0.15) is 0 Å². The Morgan fingerprint density at radius 1 is 1.33 bits per heavy atom. The molecular formula is C16H22N2O2S. The minimum Gasteiger partial charge on any atom is -0.466 e. The lowest BCUT2D eigenvalue weighted by molar-refractivity contribution is -0.148. The molecule has 0 amide bonds. The van der Waals surface area contributed by atoms with E-state index in [1.165, 1.54) is 5.56 Å². The molecule has 1 aliphatic rings. The molecule has 0 bridgehead atoms. The van der Waals surface area contributed by atoms with Crippen molar-refractivity contribution in [3.05, 3.63) is 29.8 Å². The van der Waals surface area contributed by atoms with E-state index >= 15 is 0 Å². The molecule has 0 aromatic heterocycles. The van der Waals surface area contributed by atoms with E-state index in [1.54, 1.807) is 0 Å². The van der Waals surface area contributed by atoms with Crippen molar-refractivity contribution >= 4 is 29.0 Å². The Hall–Kier alpha value is -1.62. The maximum atomic E-state index is 11.9. The number of esters is 1. The van der Waals surface area contributed by atoms with Crippen molar-refractivity contribution in [1.29, 1.82) is 0 Å². The summed E-state index contributed by atoms with van der Waals surface area (Å²) in [6.07, 6.45) is 2.83. The fraction of sp³-hybridized carbons (Fsp3) is 0.500. The van der Waals surface area contributed by atoms with Crippen molar-refractivity contribution in [2.45, 2.75) is 39.2 Å². The Bertz CT molecular complexity index is 502. The van der Waals surface area contributed by atoms with Gasteiger partial charge in [-0.05, 0) is 51.0 Å². The summed E-state index contributed by atoms with van der Waals surface area (Å²) in [4.78, 5) is 11.9. The lowest BCUT2D eigenvalue weighted by Gasteiger charge is -2.21. The summed E-state index contributed by atoms with van der Waals surface area (Å²) in [5.41, 5.74) is 2.15. The highest BCUT2D eigenvalue weighted by molar-refractivity contribution is 7.80. The molecule has 0 heterocycles. The molecule has 0 aliphatic heterocycles. The van der Waals surface area contributed by atoms with Crippen molar-refractivity contribution < 1.29 is 9.53 Å². The first-order chi connectivity index (χ1) is 10.1. The number of benzene rings is 1. The van der Waals surface area contributed by atoms with Crippen LogP contribution in [0, 0.1) is 12.8 Å². The molecule has 2 atom stereocenters. The SMILES string of the molecule is CCOC(=O)[C@H]1CCC[C@@H]1NC(=S)Nc1ccc(C)cc1. The molecule has 0 spiro atoms. The van der Waals surface area contributed by atoms with Crippen LogP contribution in [0.15, 0.2) is 24.3 Å². The molecule has 114 valence electrons. The monoisotopic (exact) mass is 306 g/mol. The summed E-state index contributed by atoms with van der Waals surface area (Å²) in [6.45, 7) is 4.30. The first kappa shape index (κ1) is 15.8. The van der Waals surface area contributed by atoms with Crippen molar-refractivity contribution in [2.75, 3.05) is 11.9 Å². The quantitative estimate of drug-likeness (QED) is 0.661. The Morgan fingerprint density at radius 2 is 2.05 bits per heavy atom. The average molecular weight is 306 g/mol. The van der Waals surface area contributed by atoms with Crippen LogP contribution in [0.5, 0.6) is 0 Å². The van der Waals surface area contributed by atoms with Gasteiger partial charge in [-0.1, -0.05) is 24.1 Å². The van der Waals surface area contributed by atoms with E-state index in [9.17, 15) is 4.79 Å². The molecule has 0 saturated heterocycles. The second kappa shape index (κ2) is 7.41. The number of nitrogens with one attached hydrogen (secondary N) is 2. The molecule has 2 rings (SSSR count). The van der Waals surface area contributed by atoms with Crippen LogP contribution in [-0.2, 0) is 9.53 Å². The van der Waals surface area contributed by atoms with E-state index < -0.39 is 0 Å². The largest absolute Gasteiger partial charge is 0.466 e. The van der Waals surface area contributed by atoms with Crippen LogP contribution in [0.4, 0.5) is 5.69 Å². The number of carbonyl (C=O) groups excluding carboxylic acids is 1. The van der Waals surface area contributed by atoms with Gasteiger partial charge in [0.05, 0.1) is 12.5 Å². The highest BCUT2D eigenvalue weighted by atomic mass is 32.1. The third-order valence-corrected chi connectivity index (χ3v) is 3.95. The van der Waals surface area contributed by atoms with Crippen molar-refractivity contribution in [3.8, 4) is 0 Å². The topological polar surface area (TPSA) is 50.4 Å². The Morgan fingerprint density at radius 3 is 2.71 bits per heavy atom. The highest BCUT2D eigenvalue weighted by Crippen LogP contribution is 2.27. The van der Waals surface area contributed by atoms with Crippen LogP contribution in [0.25, 0.3) is 0 Å². The summed E-state index contributed by atoms with van der Waals surface area (Å²) < 4.78 is 5.13. The van der Waals surface area contributed by atoms with E-state index in [0.717, 1.165) is 24.9 Å². The van der Waals surface area contributed by atoms with Gasteiger partial charge in [-0.3, -0.25) is 4.79 Å². The van der Waals surface area contributed by atoms with Crippen LogP contribution in [0.3, 0.4) is 0 Å². The van der Waals surface area contributed by atoms with E-state index in [0.29, 0.717) is 11.7 Å². The van der Waals surface area contributed by atoms with E-state index in [-0.39, 0.29) is 17.9 Å². The van der Waals surface area contributed by atoms with Crippen LogP contribution < -0.4 is 10.6 Å². The summed E-state index contributed by atoms with van der Waals surface area (Å²) in [5.74, 6) is -0.214. The van der Waals surface area contributed by atoms with E-state index in [1.807, 2.05) is 38.1 Å². The zero-order chi connectivity index (χ0) is 15.2. The van der Waals surface area contributed by atoms with Crippen molar-refractivity contribution in [2.24, 2.45) is 5.92 Å². The van der Waals surface area contributed by atoms with Gasteiger partial charge in [-0.25, -0.2) is 0 Å².